The van der Waals surface area contributed by atoms with Gasteiger partial charge in [-0.1, -0.05) is 0 Å². The van der Waals surface area contributed by atoms with E-state index in [1.54, 1.807) is 0 Å². The average molecular weight is 181 g/mol. The summed E-state index contributed by atoms with van der Waals surface area (Å²) in [4.78, 5) is 12.7. The zero-order valence-corrected chi connectivity index (χ0v) is 8.46. The molecule has 0 aliphatic heterocycles. The monoisotopic (exact) mass is 181 g/mol. The number of carbonyl (C=O) groups excluding carboxylic acids is 1. The Labute approximate surface area is 77.9 Å². The lowest BCUT2D eigenvalue weighted by molar-refractivity contribution is -0.111. The molecule has 0 spiro atoms. The molecule has 0 aliphatic carbocycles. The molecule has 4 nitrogen and oxygen atoms in total. The maximum absolute atomic E-state index is 10.8. The van der Waals surface area contributed by atoms with Gasteiger partial charge < -0.3 is 4.79 Å². The Morgan fingerprint density at radius 2 is 2.08 bits per heavy atom. The number of nitrogens with zero attached hydrogens (tertiary/aromatic N) is 2. The number of rotatable bonds is 3. The van der Waals surface area contributed by atoms with Crippen molar-refractivity contribution in [1.29, 1.82) is 0 Å². The van der Waals surface area contributed by atoms with E-state index in [1.807, 2.05) is 32.8 Å². The van der Waals surface area contributed by atoms with Crippen LogP contribution in [-0.4, -0.2) is 35.5 Å². The lowest BCUT2D eigenvalue weighted by Gasteiger charge is -2.16. The predicted molar refractivity (Wildman–Crippen MR) is 50.6 cm³/mol. The molecule has 0 saturated carbocycles. The van der Waals surface area contributed by atoms with Gasteiger partial charge >= 0.3 is 0 Å². The first-order valence-corrected chi connectivity index (χ1v) is 4.21. The lowest BCUT2D eigenvalue weighted by Crippen LogP contribution is -2.22. The molecule has 1 N–H and O–H groups in total. The largest absolute Gasteiger partial charge is 0.301 e. The van der Waals surface area contributed by atoms with Gasteiger partial charge in [-0.25, -0.2) is 0 Å². The van der Waals surface area contributed by atoms with Crippen molar-refractivity contribution in [3.63, 3.8) is 0 Å². The highest BCUT2D eigenvalue weighted by molar-refractivity contribution is 5.61. The number of hydrogen-bond acceptors (Lipinski definition) is 3. The molecule has 1 aromatic rings. The second kappa shape index (κ2) is 3.70. The van der Waals surface area contributed by atoms with Gasteiger partial charge in [-0.2, -0.15) is 5.10 Å². The Morgan fingerprint density at radius 3 is 2.38 bits per heavy atom. The molecule has 4 heteroatoms. The quantitative estimate of drug-likeness (QED) is 0.702. The van der Waals surface area contributed by atoms with Crippen LogP contribution in [0, 0.1) is 13.8 Å². The van der Waals surface area contributed by atoms with E-state index in [-0.39, 0.29) is 6.04 Å². The number of likely N-dealkylation sites (N-methyl/N-ethyl adjacent to an activating group) is 1. The van der Waals surface area contributed by atoms with Crippen LogP contribution in [0.2, 0.25) is 0 Å². The molecule has 0 aliphatic rings. The van der Waals surface area contributed by atoms with Gasteiger partial charge in [-0.15, -0.1) is 0 Å². The van der Waals surface area contributed by atoms with E-state index in [0.717, 1.165) is 23.2 Å². The van der Waals surface area contributed by atoms with Crippen molar-refractivity contribution in [2.75, 3.05) is 14.1 Å². The Bertz CT molecular complexity index is 304. The standard InChI is InChI=1S/C9H15N3O/c1-6-7(2)10-11-9(6)8(5-13)12(3)4/h5,8H,1-4H3,(H,10,11). The normalized spacial score (nSPS) is 13.3. The number of H-pyrrole nitrogens is 1. The van der Waals surface area contributed by atoms with Crippen molar-refractivity contribution in [1.82, 2.24) is 15.1 Å². The first-order valence-electron chi connectivity index (χ1n) is 4.21. The first-order chi connectivity index (χ1) is 6.07. The van der Waals surface area contributed by atoms with Gasteiger partial charge in [0.25, 0.3) is 0 Å². The SMILES string of the molecule is Cc1[nH]nc(C(C=O)N(C)C)c1C. The molecule has 0 bridgehead atoms. The van der Waals surface area contributed by atoms with Crippen LogP contribution in [0.25, 0.3) is 0 Å². The fraction of sp³-hybridized carbons (Fsp3) is 0.556. The van der Waals surface area contributed by atoms with E-state index >= 15 is 0 Å². The van der Waals surface area contributed by atoms with Crippen molar-refractivity contribution in [3.8, 4) is 0 Å². The Hall–Kier alpha value is -1.16. The smallest absolute Gasteiger partial charge is 0.143 e. The van der Waals surface area contributed by atoms with E-state index < -0.39 is 0 Å². The van der Waals surface area contributed by atoms with Crippen molar-refractivity contribution < 1.29 is 4.79 Å². The number of aromatic nitrogens is 2. The Morgan fingerprint density at radius 1 is 1.46 bits per heavy atom. The summed E-state index contributed by atoms with van der Waals surface area (Å²) in [6, 6.07) is -0.245. The summed E-state index contributed by atoms with van der Waals surface area (Å²) >= 11 is 0. The number of aromatic amines is 1. The molecule has 1 heterocycles. The van der Waals surface area contributed by atoms with Crippen LogP contribution in [0.3, 0.4) is 0 Å². The fourth-order valence-corrected chi connectivity index (χ4v) is 1.22. The van der Waals surface area contributed by atoms with Crippen molar-refractivity contribution in [2.45, 2.75) is 19.9 Å². The third-order valence-corrected chi connectivity index (χ3v) is 2.26. The van der Waals surface area contributed by atoms with E-state index in [1.165, 1.54) is 0 Å². The van der Waals surface area contributed by atoms with Crippen LogP contribution in [0.5, 0.6) is 0 Å². The third kappa shape index (κ3) is 1.78. The molecule has 0 fully saturated rings. The zero-order chi connectivity index (χ0) is 10.0. The Kier molecular flexibility index (Phi) is 2.83. The molecular formula is C9H15N3O. The van der Waals surface area contributed by atoms with E-state index in [0.29, 0.717) is 0 Å². The maximum atomic E-state index is 10.8. The fourth-order valence-electron chi connectivity index (χ4n) is 1.22. The first kappa shape index (κ1) is 9.92. The number of carbonyl (C=O) groups is 1. The van der Waals surface area contributed by atoms with Gasteiger partial charge in [-0.05, 0) is 33.5 Å². The van der Waals surface area contributed by atoms with Crippen LogP contribution in [0.4, 0.5) is 0 Å². The molecule has 1 unspecified atom stereocenters. The molecule has 13 heavy (non-hydrogen) atoms. The number of aldehydes is 1. The molecule has 72 valence electrons. The van der Waals surface area contributed by atoms with Crippen LogP contribution >= 0.6 is 0 Å². The minimum absolute atomic E-state index is 0.245. The number of nitrogens with one attached hydrogen (secondary N) is 1. The summed E-state index contributed by atoms with van der Waals surface area (Å²) in [5.74, 6) is 0. The molecular weight excluding hydrogens is 166 g/mol. The maximum Gasteiger partial charge on any atom is 0.143 e. The van der Waals surface area contributed by atoms with Crippen LogP contribution in [0.15, 0.2) is 0 Å². The predicted octanol–water partition coefficient (Wildman–Crippen LogP) is 0.828. The average Bonchev–Trinajstić information content (AvgIpc) is 2.37. The van der Waals surface area contributed by atoms with Gasteiger partial charge in [0.05, 0.1) is 5.69 Å². The van der Waals surface area contributed by atoms with E-state index in [2.05, 4.69) is 10.2 Å². The topological polar surface area (TPSA) is 49.0 Å². The molecule has 1 atom stereocenters. The van der Waals surface area contributed by atoms with Crippen LogP contribution in [-0.2, 0) is 4.79 Å². The van der Waals surface area contributed by atoms with Gasteiger partial charge in [0, 0.05) is 5.69 Å². The van der Waals surface area contributed by atoms with Crippen LogP contribution < -0.4 is 0 Å². The molecule has 0 amide bonds. The van der Waals surface area contributed by atoms with E-state index in [4.69, 9.17) is 0 Å². The summed E-state index contributed by atoms with van der Waals surface area (Å²) in [6.45, 7) is 3.91. The summed E-state index contributed by atoms with van der Waals surface area (Å²) in [5, 5.41) is 6.98. The summed E-state index contributed by atoms with van der Waals surface area (Å²) in [6.07, 6.45) is 0.905. The van der Waals surface area contributed by atoms with Crippen LogP contribution in [0.1, 0.15) is 23.0 Å². The molecule has 1 aromatic heterocycles. The minimum Gasteiger partial charge on any atom is -0.301 e. The number of hydrogen-bond donors (Lipinski definition) is 1. The van der Waals surface area contributed by atoms with Crippen molar-refractivity contribution >= 4 is 6.29 Å². The summed E-state index contributed by atoms with van der Waals surface area (Å²) < 4.78 is 0. The minimum atomic E-state index is -0.245. The van der Waals surface area contributed by atoms with Crippen molar-refractivity contribution in [3.05, 3.63) is 17.0 Å². The molecule has 0 aromatic carbocycles. The highest BCUT2D eigenvalue weighted by atomic mass is 16.1. The summed E-state index contributed by atoms with van der Waals surface area (Å²) in [5.41, 5.74) is 2.90. The third-order valence-electron chi connectivity index (χ3n) is 2.26. The summed E-state index contributed by atoms with van der Waals surface area (Å²) in [7, 11) is 3.73. The molecule has 0 saturated heterocycles. The molecule has 0 radical (unpaired) electrons. The highest BCUT2D eigenvalue weighted by Gasteiger charge is 2.18. The number of aryl methyl sites for hydroxylation is 1. The van der Waals surface area contributed by atoms with Gasteiger partial charge in [0.1, 0.15) is 12.3 Å². The van der Waals surface area contributed by atoms with E-state index in [9.17, 15) is 4.79 Å². The zero-order valence-electron chi connectivity index (χ0n) is 8.46. The Balaban J connectivity index is 3.04. The highest BCUT2D eigenvalue weighted by Crippen LogP contribution is 2.18. The second-order valence-electron chi connectivity index (χ2n) is 3.40. The van der Waals surface area contributed by atoms with Crippen molar-refractivity contribution in [2.24, 2.45) is 0 Å². The lowest BCUT2D eigenvalue weighted by atomic mass is 10.1. The van der Waals surface area contributed by atoms with Gasteiger partial charge in [-0.3, -0.25) is 10.00 Å². The van der Waals surface area contributed by atoms with Gasteiger partial charge in [0.15, 0.2) is 0 Å². The molecule has 1 rings (SSSR count). The second-order valence-corrected chi connectivity index (χ2v) is 3.40. The van der Waals surface area contributed by atoms with Gasteiger partial charge in [0.2, 0.25) is 0 Å².